The van der Waals surface area contributed by atoms with Crippen molar-refractivity contribution in [1.82, 2.24) is 0 Å². The molecule has 0 N–H and O–H groups in total. The van der Waals surface area contributed by atoms with Crippen molar-refractivity contribution >= 4 is 6.16 Å². The van der Waals surface area contributed by atoms with Gasteiger partial charge in [-0.15, -0.1) is 0 Å². The second-order valence-corrected chi connectivity index (χ2v) is 3.63. The number of cyclic esters (lactones) is 2. The fraction of sp³-hybridized carbons (Fsp3) is 0.667. The van der Waals surface area contributed by atoms with E-state index in [1.807, 2.05) is 0 Å². The second-order valence-electron chi connectivity index (χ2n) is 3.63. The largest absolute Gasteiger partial charge is 0.511 e. The zero-order valence-corrected chi connectivity index (χ0v) is 9.31. The summed E-state index contributed by atoms with van der Waals surface area (Å²) in [7, 11) is 0. The molecule has 1 fully saturated rings. The monoisotopic (exact) mass is 276 g/mol. The highest BCUT2D eigenvalue weighted by atomic mass is 19.4. The van der Waals surface area contributed by atoms with Crippen LogP contribution in [0.15, 0.2) is 11.7 Å². The number of alkyl halides is 3. The maximum Gasteiger partial charge on any atom is 0.511 e. The number of carbonyl (C=O) groups is 1. The van der Waals surface area contributed by atoms with E-state index in [1.54, 1.807) is 0 Å². The molecule has 0 bridgehead atoms. The summed E-state index contributed by atoms with van der Waals surface area (Å²) < 4.78 is 74.2. The molecule has 0 aromatic rings. The van der Waals surface area contributed by atoms with Crippen molar-refractivity contribution in [1.29, 1.82) is 0 Å². The van der Waals surface area contributed by atoms with Gasteiger partial charge in [0.15, 0.2) is 11.9 Å². The predicted molar refractivity (Wildman–Crippen MR) is 46.7 cm³/mol. The highest BCUT2D eigenvalue weighted by Gasteiger charge is 2.47. The van der Waals surface area contributed by atoms with Gasteiger partial charge >= 0.3 is 12.3 Å². The summed E-state index contributed by atoms with van der Waals surface area (Å²) in [6, 6.07) is 0. The third kappa shape index (κ3) is 3.09. The number of hydrogen-bond acceptors (Lipinski definition) is 4. The minimum atomic E-state index is -5.43. The van der Waals surface area contributed by atoms with Crippen LogP contribution >= 0.6 is 0 Å². The summed E-state index contributed by atoms with van der Waals surface area (Å²) >= 11 is 0. The van der Waals surface area contributed by atoms with Gasteiger partial charge in [-0.25, -0.2) is 9.18 Å². The second kappa shape index (κ2) is 4.71. The van der Waals surface area contributed by atoms with Crippen LogP contribution in [0.25, 0.3) is 0 Å². The van der Waals surface area contributed by atoms with Crippen molar-refractivity contribution in [3.8, 4) is 0 Å². The summed E-state index contributed by atoms with van der Waals surface area (Å²) in [6.45, 7) is 1.15. The molecule has 0 aromatic heterocycles. The molecule has 1 aliphatic heterocycles. The quantitative estimate of drug-likeness (QED) is 0.587. The molecule has 2 atom stereocenters. The summed E-state index contributed by atoms with van der Waals surface area (Å²) in [4.78, 5) is 10.7. The zero-order valence-electron chi connectivity index (χ0n) is 9.31. The highest BCUT2D eigenvalue weighted by Crippen LogP contribution is 2.32. The van der Waals surface area contributed by atoms with Gasteiger partial charge in [0, 0.05) is 6.92 Å². The SMILES string of the molecule is CC1OC(=O)OC1(C)OCC(F)=C(F)C(F)(F)F. The Hall–Kier alpha value is -1.38. The van der Waals surface area contributed by atoms with E-state index in [9.17, 15) is 26.7 Å². The molecule has 0 aromatic carbocycles. The Balaban J connectivity index is 2.69. The first-order chi connectivity index (χ1) is 8.06. The normalized spacial score (nSPS) is 29.7. The van der Waals surface area contributed by atoms with E-state index in [2.05, 4.69) is 14.2 Å². The van der Waals surface area contributed by atoms with Crippen LogP contribution in [-0.4, -0.2) is 30.8 Å². The Labute approximate surface area is 98.3 Å². The first-order valence-corrected chi connectivity index (χ1v) is 4.71. The van der Waals surface area contributed by atoms with Crippen LogP contribution in [0, 0.1) is 0 Å². The van der Waals surface area contributed by atoms with Gasteiger partial charge in [-0.2, -0.15) is 17.6 Å². The molecule has 0 amide bonds. The van der Waals surface area contributed by atoms with E-state index in [4.69, 9.17) is 0 Å². The molecule has 0 radical (unpaired) electrons. The first-order valence-electron chi connectivity index (χ1n) is 4.71. The van der Waals surface area contributed by atoms with Gasteiger partial charge in [-0.05, 0) is 6.92 Å². The average Bonchev–Trinajstić information content (AvgIpc) is 2.47. The Kier molecular flexibility index (Phi) is 3.84. The van der Waals surface area contributed by atoms with E-state index in [1.165, 1.54) is 6.92 Å². The molecule has 1 saturated heterocycles. The molecular weight excluding hydrogens is 267 g/mol. The zero-order chi connectivity index (χ0) is 14.1. The molecule has 0 saturated carbocycles. The van der Waals surface area contributed by atoms with Gasteiger partial charge in [0.1, 0.15) is 6.61 Å². The van der Waals surface area contributed by atoms with Gasteiger partial charge in [0.05, 0.1) is 0 Å². The molecule has 18 heavy (non-hydrogen) atoms. The van der Waals surface area contributed by atoms with E-state index >= 15 is 0 Å². The van der Waals surface area contributed by atoms with Crippen molar-refractivity contribution < 1.29 is 41.0 Å². The molecule has 4 nitrogen and oxygen atoms in total. The molecule has 1 heterocycles. The van der Waals surface area contributed by atoms with Crippen LogP contribution in [0.4, 0.5) is 26.7 Å². The summed E-state index contributed by atoms with van der Waals surface area (Å²) in [5.74, 6) is -6.79. The van der Waals surface area contributed by atoms with Crippen molar-refractivity contribution in [2.24, 2.45) is 0 Å². The average molecular weight is 276 g/mol. The molecular formula is C9H9F5O4. The maximum atomic E-state index is 12.8. The summed E-state index contributed by atoms with van der Waals surface area (Å²) in [6.07, 6.45) is -7.50. The van der Waals surface area contributed by atoms with Crippen molar-refractivity contribution in [2.75, 3.05) is 6.61 Å². The van der Waals surface area contributed by atoms with Crippen LogP contribution in [0.1, 0.15) is 13.8 Å². The molecule has 1 aliphatic rings. The molecule has 0 aliphatic carbocycles. The van der Waals surface area contributed by atoms with Crippen molar-refractivity contribution in [3.63, 3.8) is 0 Å². The van der Waals surface area contributed by atoms with Crippen LogP contribution in [-0.2, 0) is 14.2 Å². The van der Waals surface area contributed by atoms with E-state index < -0.39 is 42.5 Å². The number of rotatable bonds is 3. The van der Waals surface area contributed by atoms with Crippen molar-refractivity contribution in [3.05, 3.63) is 11.7 Å². The number of ether oxygens (including phenoxy) is 3. The molecule has 1 rings (SSSR count). The minimum absolute atomic E-state index is 0.966. The molecule has 2 unspecified atom stereocenters. The van der Waals surface area contributed by atoms with E-state index in [0.717, 1.165) is 6.92 Å². The number of halogens is 5. The van der Waals surface area contributed by atoms with Crippen LogP contribution in [0.2, 0.25) is 0 Å². The Bertz CT molecular complexity index is 378. The summed E-state index contributed by atoms with van der Waals surface area (Å²) in [5.41, 5.74) is 0. The number of hydrogen-bond donors (Lipinski definition) is 0. The number of carbonyl (C=O) groups excluding carboxylic acids is 1. The fourth-order valence-corrected chi connectivity index (χ4v) is 1.09. The topological polar surface area (TPSA) is 44.8 Å². The Morgan fingerprint density at radius 1 is 1.44 bits per heavy atom. The van der Waals surface area contributed by atoms with Crippen LogP contribution in [0.3, 0.4) is 0 Å². The van der Waals surface area contributed by atoms with E-state index in [0.29, 0.717) is 0 Å². The first kappa shape index (κ1) is 14.7. The lowest BCUT2D eigenvalue weighted by Gasteiger charge is -2.24. The third-order valence-corrected chi connectivity index (χ3v) is 2.27. The van der Waals surface area contributed by atoms with E-state index in [-0.39, 0.29) is 0 Å². The van der Waals surface area contributed by atoms with Gasteiger partial charge in [-0.3, -0.25) is 0 Å². The standard InChI is InChI=1S/C9H9F5O4/c1-4-8(2,18-7(15)17-4)16-3-5(10)6(11)9(12,13)14/h4H,3H2,1-2H3. The van der Waals surface area contributed by atoms with Crippen molar-refractivity contribution in [2.45, 2.75) is 31.9 Å². The van der Waals surface area contributed by atoms with Gasteiger partial charge in [-0.1, -0.05) is 0 Å². The van der Waals surface area contributed by atoms with Gasteiger partial charge < -0.3 is 14.2 Å². The van der Waals surface area contributed by atoms with Crippen LogP contribution < -0.4 is 0 Å². The molecule has 104 valence electrons. The van der Waals surface area contributed by atoms with Crippen LogP contribution in [0.5, 0.6) is 0 Å². The highest BCUT2D eigenvalue weighted by molar-refractivity contribution is 5.62. The predicted octanol–water partition coefficient (Wildman–Crippen LogP) is 2.99. The van der Waals surface area contributed by atoms with Gasteiger partial charge in [0.25, 0.3) is 5.79 Å². The molecule has 9 heteroatoms. The lowest BCUT2D eigenvalue weighted by Crippen LogP contribution is -2.38. The fourth-order valence-electron chi connectivity index (χ4n) is 1.09. The maximum absolute atomic E-state index is 12.8. The lowest BCUT2D eigenvalue weighted by molar-refractivity contribution is -0.184. The molecule has 0 spiro atoms. The third-order valence-electron chi connectivity index (χ3n) is 2.27. The smallest absolute Gasteiger partial charge is 0.424 e. The lowest BCUT2D eigenvalue weighted by atomic mass is 10.2. The Morgan fingerprint density at radius 3 is 2.39 bits per heavy atom. The minimum Gasteiger partial charge on any atom is -0.424 e. The number of allylic oxidation sites excluding steroid dienone is 1. The Morgan fingerprint density at radius 2 is 2.00 bits per heavy atom. The van der Waals surface area contributed by atoms with Gasteiger partial charge in [0.2, 0.25) is 5.83 Å². The summed E-state index contributed by atoms with van der Waals surface area (Å²) in [5, 5.41) is 0.